The molecule has 0 aliphatic rings. The van der Waals surface area contributed by atoms with Gasteiger partial charge in [-0.3, -0.25) is 4.79 Å². The number of benzene rings is 2. The Labute approximate surface area is 123 Å². The van der Waals surface area contributed by atoms with Crippen LogP contribution in [0.4, 0.5) is 5.69 Å². The lowest BCUT2D eigenvalue weighted by Crippen LogP contribution is -2.14. The van der Waals surface area contributed by atoms with Crippen molar-refractivity contribution in [1.82, 2.24) is 0 Å². The molecule has 0 heterocycles. The number of nitrogens with two attached hydrogens (primary N) is 1. The Morgan fingerprint density at radius 3 is 2.65 bits per heavy atom. The first-order chi connectivity index (χ1) is 9.47. The summed E-state index contributed by atoms with van der Waals surface area (Å²) in [6.45, 7) is 4.75. The van der Waals surface area contributed by atoms with E-state index in [1.165, 1.54) is 16.7 Å². The molecule has 0 aromatic heterocycles. The molecule has 104 valence electrons. The van der Waals surface area contributed by atoms with E-state index in [1.54, 1.807) is 18.2 Å². The molecule has 0 saturated carbocycles. The van der Waals surface area contributed by atoms with Gasteiger partial charge < -0.3 is 11.1 Å². The topological polar surface area (TPSA) is 55.1 Å². The van der Waals surface area contributed by atoms with Crippen LogP contribution in [0.15, 0.2) is 36.4 Å². The quantitative estimate of drug-likeness (QED) is 0.902. The molecule has 3 N–H and O–H groups in total. The zero-order valence-corrected chi connectivity index (χ0v) is 12.3. The smallest absolute Gasteiger partial charge is 0.250 e. The van der Waals surface area contributed by atoms with Gasteiger partial charge in [-0.05, 0) is 43.2 Å². The minimum atomic E-state index is -0.490. The Balaban J connectivity index is 2.23. The maximum absolute atomic E-state index is 11.4. The van der Waals surface area contributed by atoms with Crippen LogP contribution < -0.4 is 11.1 Å². The minimum absolute atomic E-state index is 0.405. The van der Waals surface area contributed by atoms with E-state index in [2.05, 4.69) is 37.4 Å². The van der Waals surface area contributed by atoms with Crippen LogP contribution in [0.5, 0.6) is 0 Å². The molecule has 0 aliphatic heterocycles. The van der Waals surface area contributed by atoms with E-state index >= 15 is 0 Å². The highest BCUT2D eigenvalue weighted by Gasteiger charge is 2.09. The van der Waals surface area contributed by atoms with Gasteiger partial charge in [0, 0.05) is 17.3 Å². The number of nitrogens with one attached hydrogen (secondary N) is 1. The Hall–Kier alpha value is -2.00. The fourth-order valence-corrected chi connectivity index (χ4v) is 2.23. The van der Waals surface area contributed by atoms with Gasteiger partial charge in [-0.1, -0.05) is 35.4 Å². The fourth-order valence-electron chi connectivity index (χ4n) is 2.06. The Morgan fingerprint density at radius 1 is 1.20 bits per heavy atom. The van der Waals surface area contributed by atoms with E-state index < -0.39 is 5.91 Å². The summed E-state index contributed by atoms with van der Waals surface area (Å²) in [6.07, 6.45) is 0. The van der Waals surface area contributed by atoms with Crippen molar-refractivity contribution in [3.05, 3.63) is 63.7 Å². The predicted octanol–water partition coefficient (Wildman–Crippen LogP) is 3.67. The molecule has 20 heavy (non-hydrogen) atoms. The van der Waals surface area contributed by atoms with Gasteiger partial charge >= 0.3 is 0 Å². The van der Waals surface area contributed by atoms with Crippen molar-refractivity contribution in [3.8, 4) is 0 Å². The molecule has 0 unspecified atom stereocenters. The van der Waals surface area contributed by atoms with Gasteiger partial charge in [-0.15, -0.1) is 0 Å². The van der Waals surface area contributed by atoms with Crippen molar-refractivity contribution in [1.29, 1.82) is 0 Å². The number of halogens is 1. The summed E-state index contributed by atoms with van der Waals surface area (Å²) in [5.41, 5.74) is 10.1. The third kappa shape index (κ3) is 3.31. The number of carbonyl (C=O) groups excluding carboxylic acids is 1. The molecular weight excluding hydrogens is 272 g/mol. The van der Waals surface area contributed by atoms with Gasteiger partial charge in [0.15, 0.2) is 0 Å². The average Bonchev–Trinajstić information content (AvgIpc) is 2.40. The van der Waals surface area contributed by atoms with Gasteiger partial charge in [0.1, 0.15) is 0 Å². The standard InChI is InChI=1S/C16H17ClN2O/c1-10-3-4-11(2)12(7-10)9-19-15-6-5-13(17)8-14(15)16(18)20/h3-8,19H,9H2,1-2H3,(H2,18,20). The van der Waals surface area contributed by atoms with E-state index in [1.807, 2.05) is 0 Å². The van der Waals surface area contributed by atoms with Gasteiger partial charge in [0.2, 0.25) is 0 Å². The number of rotatable bonds is 4. The number of carbonyl (C=O) groups is 1. The van der Waals surface area contributed by atoms with Crippen LogP contribution in [-0.2, 0) is 6.54 Å². The average molecular weight is 289 g/mol. The highest BCUT2D eigenvalue weighted by Crippen LogP contribution is 2.21. The molecule has 2 aromatic rings. The number of aryl methyl sites for hydroxylation is 2. The summed E-state index contributed by atoms with van der Waals surface area (Å²) < 4.78 is 0. The second kappa shape index (κ2) is 5.97. The predicted molar refractivity (Wildman–Crippen MR) is 83.2 cm³/mol. The maximum atomic E-state index is 11.4. The first-order valence-electron chi connectivity index (χ1n) is 6.36. The molecule has 0 bridgehead atoms. The summed E-state index contributed by atoms with van der Waals surface area (Å²) in [6, 6.07) is 11.4. The number of primary amides is 1. The number of amides is 1. The first kappa shape index (κ1) is 14.4. The zero-order chi connectivity index (χ0) is 14.7. The van der Waals surface area contributed by atoms with Crippen LogP contribution >= 0.6 is 11.6 Å². The largest absolute Gasteiger partial charge is 0.380 e. The molecule has 2 aromatic carbocycles. The highest BCUT2D eigenvalue weighted by atomic mass is 35.5. The number of anilines is 1. The molecule has 2 rings (SSSR count). The summed E-state index contributed by atoms with van der Waals surface area (Å²) in [5.74, 6) is -0.490. The maximum Gasteiger partial charge on any atom is 0.250 e. The first-order valence-corrected chi connectivity index (χ1v) is 6.74. The molecule has 0 radical (unpaired) electrons. The van der Waals surface area contributed by atoms with Gasteiger partial charge in [0.05, 0.1) is 5.56 Å². The SMILES string of the molecule is Cc1ccc(C)c(CNc2ccc(Cl)cc2C(N)=O)c1. The Kier molecular flexibility index (Phi) is 4.30. The molecule has 3 nitrogen and oxygen atoms in total. The summed E-state index contributed by atoms with van der Waals surface area (Å²) in [5, 5.41) is 3.74. The van der Waals surface area contributed by atoms with E-state index in [0.717, 1.165) is 0 Å². The van der Waals surface area contributed by atoms with Crippen LogP contribution in [0.2, 0.25) is 5.02 Å². The normalized spacial score (nSPS) is 10.3. The summed E-state index contributed by atoms with van der Waals surface area (Å²) in [7, 11) is 0. The van der Waals surface area contributed by atoms with Crippen LogP contribution in [0, 0.1) is 13.8 Å². The van der Waals surface area contributed by atoms with Crippen molar-refractivity contribution >= 4 is 23.2 Å². The van der Waals surface area contributed by atoms with Crippen molar-refractivity contribution in [2.45, 2.75) is 20.4 Å². The molecule has 1 amide bonds. The zero-order valence-electron chi connectivity index (χ0n) is 11.5. The van der Waals surface area contributed by atoms with Crippen molar-refractivity contribution in [3.63, 3.8) is 0 Å². The summed E-state index contributed by atoms with van der Waals surface area (Å²) >= 11 is 5.89. The van der Waals surface area contributed by atoms with Gasteiger partial charge in [0.25, 0.3) is 5.91 Å². The molecule has 0 saturated heterocycles. The van der Waals surface area contributed by atoms with Crippen LogP contribution in [0.3, 0.4) is 0 Å². The monoisotopic (exact) mass is 288 g/mol. The van der Waals surface area contributed by atoms with Gasteiger partial charge in [-0.2, -0.15) is 0 Å². The lowest BCUT2D eigenvalue weighted by Gasteiger charge is -2.12. The van der Waals surface area contributed by atoms with Crippen molar-refractivity contribution in [2.24, 2.45) is 5.73 Å². The van der Waals surface area contributed by atoms with Crippen LogP contribution in [0.25, 0.3) is 0 Å². The highest BCUT2D eigenvalue weighted by molar-refractivity contribution is 6.31. The lowest BCUT2D eigenvalue weighted by molar-refractivity contribution is 0.100. The molecule has 0 spiro atoms. The molecule has 4 heteroatoms. The number of hydrogen-bond donors (Lipinski definition) is 2. The van der Waals surface area contributed by atoms with E-state index in [4.69, 9.17) is 17.3 Å². The third-order valence-electron chi connectivity index (χ3n) is 3.22. The lowest BCUT2D eigenvalue weighted by atomic mass is 10.1. The Morgan fingerprint density at radius 2 is 1.95 bits per heavy atom. The van der Waals surface area contributed by atoms with E-state index in [-0.39, 0.29) is 0 Å². The van der Waals surface area contributed by atoms with Crippen molar-refractivity contribution in [2.75, 3.05) is 5.32 Å². The van der Waals surface area contributed by atoms with E-state index in [9.17, 15) is 4.79 Å². The Bertz CT molecular complexity index is 653. The van der Waals surface area contributed by atoms with Crippen LogP contribution in [-0.4, -0.2) is 5.91 Å². The van der Waals surface area contributed by atoms with Crippen LogP contribution in [0.1, 0.15) is 27.0 Å². The minimum Gasteiger partial charge on any atom is -0.380 e. The molecule has 0 fully saturated rings. The van der Waals surface area contributed by atoms with E-state index in [0.29, 0.717) is 22.8 Å². The second-order valence-electron chi connectivity index (χ2n) is 4.84. The molecular formula is C16H17ClN2O. The summed E-state index contributed by atoms with van der Waals surface area (Å²) in [4.78, 5) is 11.4. The number of hydrogen-bond acceptors (Lipinski definition) is 2. The second-order valence-corrected chi connectivity index (χ2v) is 5.27. The third-order valence-corrected chi connectivity index (χ3v) is 3.46. The van der Waals surface area contributed by atoms with Crippen molar-refractivity contribution < 1.29 is 4.79 Å². The van der Waals surface area contributed by atoms with Gasteiger partial charge in [-0.25, -0.2) is 0 Å². The molecule has 0 aliphatic carbocycles. The molecule has 0 atom stereocenters. The fraction of sp³-hybridized carbons (Fsp3) is 0.188.